The number of piperidine rings is 1. The molecule has 2 fully saturated rings. The van der Waals surface area contributed by atoms with Crippen LogP contribution in [-0.4, -0.2) is 77.0 Å². The number of ether oxygens (including phenoxy) is 1. The van der Waals surface area contributed by atoms with Crippen molar-refractivity contribution < 1.29 is 36.7 Å². The average molecular weight is 431 g/mol. The van der Waals surface area contributed by atoms with Gasteiger partial charge in [0.05, 0.1) is 0 Å². The van der Waals surface area contributed by atoms with Gasteiger partial charge in [-0.3, -0.25) is 14.5 Å². The van der Waals surface area contributed by atoms with Crippen molar-refractivity contribution in [3.8, 4) is 5.75 Å². The van der Waals surface area contributed by atoms with E-state index < -0.39 is 49.2 Å². The van der Waals surface area contributed by atoms with Gasteiger partial charge >= 0.3 is 12.2 Å². The van der Waals surface area contributed by atoms with Gasteiger partial charge in [0.25, 0.3) is 11.8 Å². The molecule has 2 saturated heterocycles. The Morgan fingerprint density at radius 1 is 1.20 bits per heavy atom. The fourth-order valence-electron chi connectivity index (χ4n) is 3.62. The maximum absolute atomic E-state index is 13.7. The van der Waals surface area contributed by atoms with Gasteiger partial charge in [-0.25, -0.2) is 9.18 Å². The van der Waals surface area contributed by atoms with Crippen LogP contribution in [0, 0.1) is 5.82 Å². The normalized spacial score (nSPS) is 19.4. The van der Waals surface area contributed by atoms with Crippen molar-refractivity contribution in [2.24, 2.45) is 0 Å². The SMILES string of the molecule is C[C@@H](Oc1ccccc1F)C(=O)N1CCC(N2CC(=O)N(CC(F)(F)F)C2=O)CC1. The first-order chi connectivity index (χ1) is 14.1. The summed E-state index contributed by atoms with van der Waals surface area (Å²) in [5.74, 6) is -1.88. The lowest BCUT2D eigenvalue weighted by atomic mass is 10.0. The first-order valence-electron chi connectivity index (χ1n) is 9.44. The number of alkyl halides is 3. The van der Waals surface area contributed by atoms with Crippen LogP contribution in [0.1, 0.15) is 19.8 Å². The number of carbonyl (C=O) groups is 3. The van der Waals surface area contributed by atoms with E-state index in [1.165, 1.54) is 30.0 Å². The Bertz CT molecular complexity index is 824. The van der Waals surface area contributed by atoms with E-state index in [0.717, 1.165) is 4.90 Å². The van der Waals surface area contributed by atoms with E-state index in [1.54, 1.807) is 6.07 Å². The summed E-state index contributed by atoms with van der Waals surface area (Å²) in [6.07, 6.45) is -4.96. The molecule has 0 spiro atoms. The minimum Gasteiger partial charge on any atom is -0.478 e. The van der Waals surface area contributed by atoms with Crippen LogP contribution in [0.15, 0.2) is 24.3 Å². The largest absolute Gasteiger partial charge is 0.478 e. The van der Waals surface area contributed by atoms with Gasteiger partial charge in [0.2, 0.25) is 0 Å². The maximum atomic E-state index is 13.7. The molecule has 0 N–H and O–H groups in total. The predicted octanol–water partition coefficient (Wildman–Crippen LogP) is 2.41. The van der Waals surface area contributed by atoms with Gasteiger partial charge in [-0.1, -0.05) is 12.1 Å². The van der Waals surface area contributed by atoms with Gasteiger partial charge in [-0.2, -0.15) is 13.2 Å². The smallest absolute Gasteiger partial charge is 0.406 e. The molecule has 7 nitrogen and oxygen atoms in total. The highest BCUT2D eigenvalue weighted by Crippen LogP contribution is 2.26. The summed E-state index contributed by atoms with van der Waals surface area (Å²) in [5.41, 5.74) is 0. The van der Waals surface area contributed by atoms with E-state index in [0.29, 0.717) is 12.8 Å². The van der Waals surface area contributed by atoms with E-state index in [9.17, 15) is 31.9 Å². The van der Waals surface area contributed by atoms with Crippen LogP contribution in [-0.2, 0) is 9.59 Å². The quantitative estimate of drug-likeness (QED) is 0.531. The number of para-hydroxylation sites is 1. The fraction of sp³-hybridized carbons (Fsp3) is 0.526. The third-order valence-electron chi connectivity index (χ3n) is 5.13. The van der Waals surface area contributed by atoms with Crippen LogP contribution in [0.5, 0.6) is 5.75 Å². The molecule has 0 radical (unpaired) electrons. The fourth-order valence-corrected chi connectivity index (χ4v) is 3.62. The lowest BCUT2D eigenvalue weighted by Gasteiger charge is -2.37. The molecule has 0 aliphatic carbocycles. The van der Waals surface area contributed by atoms with Crippen molar-refractivity contribution >= 4 is 17.8 Å². The molecule has 3 rings (SSSR count). The van der Waals surface area contributed by atoms with E-state index in [-0.39, 0.29) is 29.6 Å². The molecule has 0 bridgehead atoms. The van der Waals surface area contributed by atoms with Crippen LogP contribution in [0.3, 0.4) is 0 Å². The predicted molar refractivity (Wildman–Crippen MR) is 96.0 cm³/mol. The number of nitrogens with zero attached hydrogens (tertiary/aromatic N) is 3. The molecule has 11 heteroatoms. The molecule has 2 aliphatic rings. The molecule has 164 valence electrons. The first-order valence-corrected chi connectivity index (χ1v) is 9.44. The summed E-state index contributed by atoms with van der Waals surface area (Å²) >= 11 is 0. The number of hydrogen-bond donors (Lipinski definition) is 0. The lowest BCUT2D eigenvalue weighted by molar-refractivity contribution is -0.151. The second-order valence-corrected chi connectivity index (χ2v) is 7.25. The van der Waals surface area contributed by atoms with Crippen molar-refractivity contribution in [1.29, 1.82) is 0 Å². The van der Waals surface area contributed by atoms with Crippen molar-refractivity contribution in [3.05, 3.63) is 30.1 Å². The van der Waals surface area contributed by atoms with E-state index >= 15 is 0 Å². The molecule has 2 aliphatic heterocycles. The van der Waals surface area contributed by atoms with Gasteiger partial charge in [0, 0.05) is 19.1 Å². The first kappa shape index (κ1) is 21.8. The molecule has 30 heavy (non-hydrogen) atoms. The Morgan fingerprint density at radius 3 is 2.43 bits per heavy atom. The minimum atomic E-state index is -4.66. The standard InChI is InChI=1S/C19H21F4N3O4/c1-12(30-15-5-3-2-4-14(15)20)17(28)24-8-6-13(7-9-24)25-10-16(27)26(18(25)29)11-19(21,22)23/h2-5,12-13H,6-11H2,1H3/t12-/m1/s1. The molecule has 4 amide bonds. The second kappa shape index (κ2) is 8.49. The number of amides is 4. The Labute approximate surface area is 170 Å². The summed E-state index contributed by atoms with van der Waals surface area (Å²) in [6.45, 7) is -0.0281. The van der Waals surface area contributed by atoms with E-state index in [4.69, 9.17) is 4.74 Å². The number of carbonyl (C=O) groups excluding carboxylic acids is 3. The molecule has 1 atom stereocenters. The number of benzene rings is 1. The highest BCUT2D eigenvalue weighted by Gasteiger charge is 2.45. The maximum Gasteiger partial charge on any atom is 0.406 e. The van der Waals surface area contributed by atoms with E-state index in [2.05, 4.69) is 0 Å². The molecule has 0 unspecified atom stereocenters. The zero-order chi connectivity index (χ0) is 22.1. The Morgan fingerprint density at radius 2 is 1.83 bits per heavy atom. The summed E-state index contributed by atoms with van der Waals surface area (Å²) in [5, 5.41) is 0. The number of rotatable bonds is 5. The Hall–Kier alpha value is -2.85. The molecule has 1 aromatic rings. The van der Waals surface area contributed by atoms with Crippen LogP contribution in [0.2, 0.25) is 0 Å². The lowest BCUT2D eigenvalue weighted by Crippen LogP contribution is -2.50. The zero-order valence-corrected chi connectivity index (χ0v) is 16.2. The summed E-state index contributed by atoms with van der Waals surface area (Å²) in [6, 6.07) is 4.31. The number of imide groups is 1. The van der Waals surface area contributed by atoms with E-state index in [1.807, 2.05) is 0 Å². The van der Waals surface area contributed by atoms with Crippen LogP contribution in [0.25, 0.3) is 0 Å². The summed E-state index contributed by atoms with van der Waals surface area (Å²) in [4.78, 5) is 39.5. The van der Waals surface area contributed by atoms with Crippen LogP contribution < -0.4 is 4.74 Å². The average Bonchev–Trinajstić information content (AvgIpc) is 2.96. The number of hydrogen-bond acceptors (Lipinski definition) is 4. The third-order valence-corrected chi connectivity index (χ3v) is 5.13. The molecular weight excluding hydrogens is 410 g/mol. The molecule has 1 aromatic carbocycles. The molecule has 2 heterocycles. The Balaban J connectivity index is 1.54. The highest BCUT2D eigenvalue weighted by atomic mass is 19.4. The summed E-state index contributed by atoms with van der Waals surface area (Å²) in [7, 11) is 0. The van der Waals surface area contributed by atoms with Crippen molar-refractivity contribution in [2.45, 2.75) is 38.1 Å². The second-order valence-electron chi connectivity index (χ2n) is 7.25. The summed E-state index contributed by atoms with van der Waals surface area (Å²) < 4.78 is 56.8. The van der Waals surface area contributed by atoms with Gasteiger partial charge in [-0.15, -0.1) is 0 Å². The molecule has 0 aromatic heterocycles. The minimum absolute atomic E-state index is 0.0424. The Kier molecular flexibility index (Phi) is 6.18. The molecular formula is C19H21F4N3O4. The van der Waals surface area contributed by atoms with Crippen molar-refractivity contribution in [1.82, 2.24) is 14.7 Å². The van der Waals surface area contributed by atoms with Gasteiger partial charge in [-0.05, 0) is 31.9 Å². The van der Waals surface area contributed by atoms with Crippen LogP contribution >= 0.6 is 0 Å². The van der Waals surface area contributed by atoms with Crippen molar-refractivity contribution in [2.75, 3.05) is 26.2 Å². The number of urea groups is 1. The van der Waals surface area contributed by atoms with Gasteiger partial charge in [0.15, 0.2) is 17.7 Å². The number of halogens is 4. The van der Waals surface area contributed by atoms with Crippen LogP contribution in [0.4, 0.5) is 22.4 Å². The zero-order valence-electron chi connectivity index (χ0n) is 16.2. The number of likely N-dealkylation sites (tertiary alicyclic amines) is 1. The molecule has 0 saturated carbocycles. The highest BCUT2D eigenvalue weighted by molar-refractivity contribution is 6.02. The monoisotopic (exact) mass is 431 g/mol. The van der Waals surface area contributed by atoms with Gasteiger partial charge < -0.3 is 14.5 Å². The van der Waals surface area contributed by atoms with Gasteiger partial charge in [0.1, 0.15) is 13.1 Å². The van der Waals surface area contributed by atoms with Crippen molar-refractivity contribution in [3.63, 3.8) is 0 Å². The third kappa shape index (κ3) is 4.82. The topological polar surface area (TPSA) is 70.2 Å².